The minimum Gasteiger partial charge on any atom is -0.236 e. The SMILES string of the molecule is Cc1cc2ncc3cc(-c4cccc(Cl)c4)c(Cl)nc3n2n1. The number of rotatable bonds is 1. The van der Waals surface area contributed by atoms with Gasteiger partial charge >= 0.3 is 0 Å². The molecule has 0 N–H and O–H groups in total. The van der Waals surface area contributed by atoms with Crippen LogP contribution in [0.15, 0.2) is 42.6 Å². The molecule has 0 spiro atoms. The first-order chi connectivity index (χ1) is 10.6. The van der Waals surface area contributed by atoms with Crippen LogP contribution in [0, 0.1) is 6.92 Å². The monoisotopic (exact) mass is 328 g/mol. The number of pyridine rings is 1. The number of fused-ring (bicyclic) bond motifs is 3. The Bertz CT molecular complexity index is 1020. The van der Waals surface area contributed by atoms with E-state index in [1.54, 1.807) is 10.7 Å². The van der Waals surface area contributed by atoms with Crippen LogP contribution in [0.5, 0.6) is 0 Å². The van der Waals surface area contributed by atoms with E-state index < -0.39 is 0 Å². The van der Waals surface area contributed by atoms with Crippen LogP contribution < -0.4 is 0 Å². The Kier molecular flexibility index (Phi) is 3.03. The second-order valence-electron chi connectivity index (χ2n) is 5.06. The summed E-state index contributed by atoms with van der Waals surface area (Å²) in [6, 6.07) is 11.4. The second-order valence-corrected chi connectivity index (χ2v) is 5.86. The Labute approximate surface area is 136 Å². The van der Waals surface area contributed by atoms with Crippen LogP contribution in [-0.2, 0) is 0 Å². The molecule has 4 nitrogen and oxygen atoms in total. The highest BCUT2D eigenvalue weighted by atomic mass is 35.5. The summed E-state index contributed by atoms with van der Waals surface area (Å²) in [6.45, 7) is 1.92. The van der Waals surface area contributed by atoms with Crippen LogP contribution in [0.1, 0.15) is 5.69 Å². The van der Waals surface area contributed by atoms with E-state index in [9.17, 15) is 0 Å². The molecule has 22 heavy (non-hydrogen) atoms. The van der Waals surface area contributed by atoms with Gasteiger partial charge in [-0.25, -0.2) is 9.97 Å². The predicted molar refractivity (Wildman–Crippen MR) is 88.5 cm³/mol. The topological polar surface area (TPSA) is 43.1 Å². The Morgan fingerprint density at radius 3 is 2.77 bits per heavy atom. The number of hydrogen-bond acceptors (Lipinski definition) is 3. The molecule has 0 saturated carbocycles. The van der Waals surface area contributed by atoms with Crippen LogP contribution in [-0.4, -0.2) is 19.6 Å². The number of hydrogen-bond donors (Lipinski definition) is 0. The van der Waals surface area contributed by atoms with Crippen LogP contribution in [0.4, 0.5) is 0 Å². The average Bonchev–Trinajstić information content (AvgIpc) is 2.87. The predicted octanol–water partition coefficient (Wildman–Crippen LogP) is 4.56. The highest BCUT2D eigenvalue weighted by Gasteiger charge is 2.11. The fourth-order valence-corrected chi connectivity index (χ4v) is 2.92. The Morgan fingerprint density at radius 2 is 1.95 bits per heavy atom. The van der Waals surface area contributed by atoms with Gasteiger partial charge in [0.15, 0.2) is 11.3 Å². The standard InChI is InChI=1S/C16H10Cl2N4/c1-9-5-14-19-8-11-7-13(10-3-2-4-12(17)6-10)15(18)20-16(11)22(14)21-9/h2-8H,1H3. The van der Waals surface area contributed by atoms with E-state index in [1.165, 1.54) is 0 Å². The smallest absolute Gasteiger partial charge is 0.166 e. The molecule has 0 bridgehead atoms. The van der Waals surface area contributed by atoms with Crippen molar-refractivity contribution in [3.8, 4) is 11.1 Å². The molecule has 108 valence electrons. The lowest BCUT2D eigenvalue weighted by molar-refractivity contribution is 0.939. The summed E-state index contributed by atoms with van der Waals surface area (Å²) < 4.78 is 1.71. The van der Waals surface area contributed by atoms with Gasteiger partial charge in [0.05, 0.1) is 5.69 Å². The second kappa shape index (κ2) is 4.93. The number of aryl methyl sites for hydroxylation is 1. The molecule has 0 fully saturated rings. The van der Waals surface area contributed by atoms with E-state index in [-0.39, 0.29) is 0 Å². The normalized spacial score (nSPS) is 11.4. The van der Waals surface area contributed by atoms with Crippen molar-refractivity contribution >= 4 is 39.9 Å². The molecule has 0 aliphatic carbocycles. The summed E-state index contributed by atoms with van der Waals surface area (Å²) in [6.07, 6.45) is 1.78. The molecular weight excluding hydrogens is 319 g/mol. The van der Waals surface area contributed by atoms with Crippen LogP contribution in [0.25, 0.3) is 27.8 Å². The molecule has 1 aromatic carbocycles. The fourth-order valence-electron chi connectivity index (χ4n) is 2.49. The lowest BCUT2D eigenvalue weighted by Crippen LogP contribution is -1.97. The molecule has 3 heterocycles. The van der Waals surface area contributed by atoms with Gasteiger partial charge < -0.3 is 0 Å². The van der Waals surface area contributed by atoms with Gasteiger partial charge in [0.1, 0.15) is 5.15 Å². The van der Waals surface area contributed by atoms with Crippen LogP contribution in [0.3, 0.4) is 0 Å². The maximum Gasteiger partial charge on any atom is 0.166 e. The zero-order valence-electron chi connectivity index (χ0n) is 11.6. The van der Waals surface area contributed by atoms with Crippen molar-refractivity contribution in [3.05, 3.63) is 58.5 Å². The van der Waals surface area contributed by atoms with Gasteiger partial charge in [0.25, 0.3) is 0 Å². The van der Waals surface area contributed by atoms with E-state index in [2.05, 4.69) is 15.1 Å². The Balaban J connectivity index is 2.02. The average molecular weight is 329 g/mol. The number of halogens is 2. The first-order valence-electron chi connectivity index (χ1n) is 6.69. The molecule has 0 saturated heterocycles. The van der Waals surface area contributed by atoms with Crippen molar-refractivity contribution in [2.75, 3.05) is 0 Å². The summed E-state index contributed by atoms with van der Waals surface area (Å²) in [5, 5.41) is 6.35. The minimum absolute atomic E-state index is 0.412. The summed E-state index contributed by atoms with van der Waals surface area (Å²) in [4.78, 5) is 8.91. The van der Waals surface area contributed by atoms with Crippen LogP contribution in [0.2, 0.25) is 10.2 Å². The number of nitrogens with zero attached hydrogens (tertiary/aromatic N) is 4. The molecule has 4 aromatic rings. The van der Waals surface area contributed by atoms with Crippen molar-refractivity contribution in [3.63, 3.8) is 0 Å². The van der Waals surface area contributed by atoms with Crippen molar-refractivity contribution in [1.82, 2.24) is 19.6 Å². The summed E-state index contributed by atoms with van der Waals surface area (Å²) in [7, 11) is 0. The van der Waals surface area contributed by atoms with Gasteiger partial charge in [-0.2, -0.15) is 9.61 Å². The van der Waals surface area contributed by atoms with E-state index in [0.717, 1.165) is 27.9 Å². The Hall–Kier alpha value is -2.17. The molecule has 0 aliphatic heterocycles. The zero-order chi connectivity index (χ0) is 15.3. The van der Waals surface area contributed by atoms with Gasteiger partial charge in [-0.05, 0) is 30.7 Å². The minimum atomic E-state index is 0.412. The van der Waals surface area contributed by atoms with E-state index in [1.807, 2.05) is 43.3 Å². The first kappa shape index (κ1) is 13.5. The number of benzene rings is 1. The maximum absolute atomic E-state index is 6.38. The maximum atomic E-state index is 6.38. The van der Waals surface area contributed by atoms with Gasteiger partial charge in [-0.1, -0.05) is 35.3 Å². The highest BCUT2D eigenvalue weighted by molar-refractivity contribution is 6.33. The largest absolute Gasteiger partial charge is 0.236 e. The molecule has 0 atom stereocenters. The molecule has 6 heteroatoms. The quantitative estimate of drug-likeness (QED) is 0.481. The first-order valence-corrected chi connectivity index (χ1v) is 7.45. The molecule has 0 aliphatic rings. The highest BCUT2D eigenvalue weighted by Crippen LogP contribution is 2.31. The summed E-state index contributed by atoms with van der Waals surface area (Å²) >= 11 is 12.4. The van der Waals surface area contributed by atoms with Crippen molar-refractivity contribution in [2.45, 2.75) is 6.92 Å². The van der Waals surface area contributed by atoms with Crippen LogP contribution >= 0.6 is 23.2 Å². The van der Waals surface area contributed by atoms with Gasteiger partial charge in [-0.15, -0.1) is 0 Å². The van der Waals surface area contributed by atoms with Crippen molar-refractivity contribution in [1.29, 1.82) is 0 Å². The fraction of sp³-hybridized carbons (Fsp3) is 0.0625. The summed E-state index contributed by atoms with van der Waals surface area (Å²) in [5.74, 6) is 0. The third kappa shape index (κ3) is 2.12. The van der Waals surface area contributed by atoms with Crippen molar-refractivity contribution < 1.29 is 0 Å². The lowest BCUT2D eigenvalue weighted by atomic mass is 10.1. The molecule has 0 amide bonds. The lowest BCUT2D eigenvalue weighted by Gasteiger charge is -2.07. The molecule has 0 radical (unpaired) electrons. The van der Waals surface area contributed by atoms with Crippen molar-refractivity contribution in [2.24, 2.45) is 0 Å². The zero-order valence-corrected chi connectivity index (χ0v) is 13.1. The third-order valence-corrected chi connectivity index (χ3v) is 3.99. The van der Waals surface area contributed by atoms with Gasteiger partial charge in [0.2, 0.25) is 0 Å². The molecule has 4 rings (SSSR count). The Morgan fingerprint density at radius 1 is 1.09 bits per heavy atom. The van der Waals surface area contributed by atoms with E-state index in [4.69, 9.17) is 23.2 Å². The number of aromatic nitrogens is 4. The van der Waals surface area contributed by atoms with Gasteiger partial charge in [-0.3, -0.25) is 0 Å². The van der Waals surface area contributed by atoms with Gasteiger partial charge in [0, 0.05) is 28.2 Å². The molecular formula is C16H10Cl2N4. The van der Waals surface area contributed by atoms with E-state index in [0.29, 0.717) is 15.8 Å². The van der Waals surface area contributed by atoms with E-state index >= 15 is 0 Å². The summed E-state index contributed by atoms with van der Waals surface area (Å²) in [5.41, 5.74) is 4.07. The third-order valence-electron chi connectivity index (χ3n) is 3.47. The molecule has 0 unspecified atom stereocenters. The molecule has 3 aromatic heterocycles.